The number of benzene rings is 1. The molecule has 1 saturated heterocycles. The van der Waals surface area contributed by atoms with Crippen molar-refractivity contribution in [3.05, 3.63) is 47.9 Å². The normalized spacial score (nSPS) is 21.6. The van der Waals surface area contributed by atoms with E-state index in [0.29, 0.717) is 15.7 Å². The van der Waals surface area contributed by atoms with Crippen molar-refractivity contribution in [2.75, 3.05) is 35.2 Å². The molecule has 3 aliphatic rings. The van der Waals surface area contributed by atoms with Crippen LogP contribution < -0.4 is 21.3 Å². The van der Waals surface area contributed by atoms with E-state index >= 15 is 0 Å². The molecule has 0 saturated carbocycles. The molecule has 0 unspecified atom stereocenters. The SMILES string of the molecule is CC(=O)N1CC(F)(F)c2c(Sc3ncc(N4CCC5(CC4)Cn4nccc4[C@H]5N)nc3N)cccc21. The molecule has 0 bridgehead atoms. The predicted molar refractivity (Wildman–Crippen MR) is 132 cm³/mol. The monoisotopic (exact) mass is 512 g/mol. The molecule has 0 radical (unpaired) electrons. The summed E-state index contributed by atoms with van der Waals surface area (Å²) in [5.41, 5.74) is 13.9. The third-order valence-corrected chi connectivity index (χ3v) is 8.70. The number of fused-ring (bicyclic) bond motifs is 2. The van der Waals surface area contributed by atoms with Crippen LogP contribution in [0.4, 0.5) is 26.1 Å². The van der Waals surface area contributed by atoms with Crippen molar-refractivity contribution in [1.82, 2.24) is 19.7 Å². The number of nitrogen functional groups attached to an aromatic ring is 1. The molecule has 1 amide bonds. The first-order valence-corrected chi connectivity index (χ1v) is 12.6. The average Bonchev–Trinajstić information content (AvgIpc) is 3.49. The van der Waals surface area contributed by atoms with Gasteiger partial charge in [-0.25, -0.2) is 9.97 Å². The van der Waals surface area contributed by atoms with Gasteiger partial charge in [-0.1, -0.05) is 17.8 Å². The number of carbonyl (C=O) groups excluding carboxylic acids is 1. The fourth-order valence-electron chi connectivity index (χ4n) is 5.66. The van der Waals surface area contributed by atoms with Crippen LogP contribution in [0.25, 0.3) is 0 Å². The Labute approximate surface area is 210 Å². The van der Waals surface area contributed by atoms with Crippen LogP contribution in [0.5, 0.6) is 0 Å². The number of rotatable bonds is 3. The molecule has 3 aliphatic heterocycles. The van der Waals surface area contributed by atoms with Gasteiger partial charge in [0.25, 0.3) is 5.92 Å². The maximum absolute atomic E-state index is 14.8. The van der Waals surface area contributed by atoms with Gasteiger partial charge in [-0.2, -0.15) is 13.9 Å². The lowest BCUT2D eigenvalue weighted by Gasteiger charge is -2.41. The Morgan fingerprint density at radius 3 is 2.67 bits per heavy atom. The molecule has 188 valence electrons. The molecule has 9 nitrogen and oxygen atoms in total. The molecule has 1 atom stereocenters. The highest BCUT2D eigenvalue weighted by atomic mass is 32.2. The highest BCUT2D eigenvalue weighted by Gasteiger charge is 2.48. The van der Waals surface area contributed by atoms with Gasteiger partial charge < -0.3 is 21.3 Å². The molecule has 1 aromatic carbocycles. The number of carbonyl (C=O) groups is 1. The van der Waals surface area contributed by atoms with E-state index in [4.69, 9.17) is 11.5 Å². The molecule has 3 aromatic rings. The summed E-state index contributed by atoms with van der Waals surface area (Å²) in [6.07, 6.45) is 5.22. The van der Waals surface area contributed by atoms with Crippen molar-refractivity contribution in [2.24, 2.45) is 11.1 Å². The predicted octanol–water partition coefficient (Wildman–Crippen LogP) is 3.17. The van der Waals surface area contributed by atoms with Crippen LogP contribution in [0.3, 0.4) is 0 Å². The topological polar surface area (TPSA) is 119 Å². The quantitative estimate of drug-likeness (QED) is 0.549. The molecular weight excluding hydrogens is 486 g/mol. The summed E-state index contributed by atoms with van der Waals surface area (Å²) in [4.78, 5) is 24.4. The summed E-state index contributed by atoms with van der Waals surface area (Å²) >= 11 is 1.04. The summed E-state index contributed by atoms with van der Waals surface area (Å²) in [7, 11) is 0. The van der Waals surface area contributed by atoms with E-state index in [1.165, 1.54) is 13.0 Å². The van der Waals surface area contributed by atoms with Gasteiger partial charge in [-0.3, -0.25) is 9.48 Å². The number of nitrogens with zero attached hydrogens (tertiary/aromatic N) is 6. The maximum Gasteiger partial charge on any atom is 0.293 e. The zero-order chi connectivity index (χ0) is 25.2. The van der Waals surface area contributed by atoms with Gasteiger partial charge in [0.15, 0.2) is 5.82 Å². The lowest BCUT2D eigenvalue weighted by atomic mass is 9.73. The van der Waals surface area contributed by atoms with Gasteiger partial charge in [0, 0.05) is 43.1 Å². The zero-order valence-electron chi connectivity index (χ0n) is 19.7. The van der Waals surface area contributed by atoms with Crippen LogP contribution in [0.15, 0.2) is 46.6 Å². The van der Waals surface area contributed by atoms with Gasteiger partial charge in [-0.15, -0.1) is 0 Å². The smallest absolute Gasteiger partial charge is 0.293 e. The number of aromatic nitrogens is 4. The summed E-state index contributed by atoms with van der Waals surface area (Å²) < 4.78 is 31.7. The second-order valence-electron chi connectivity index (χ2n) is 9.72. The largest absolute Gasteiger partial charge is 0.381 e. The number of anilines is 3. The molecule has 2 aromatic heterocycles. The molecule has 6 rings (SSSR count). The number of nitrogens with two attached hydrogens (primary N) is 2. The first kappa shape index (κ1) is 23.2. The van der Waals surface area contributed by atoms with Gasteiger partial charge in [-0.05, 0) is 31.0 Å². The summed E-state index contributed by atoms with van der Waals surface area (Å²) in [5.74, 6) is -2.75. The minimum absolute atomic E-state index is 0.0124. The summed E-state index contributed by atoms with van der Waals surface area (Å²) in [6, 6.07) is 6.73. The molecule has 36 heavy (non-hydrogen) atoms. The van der Waals surface area contributed by atoms with E-state index in [1.54, 1.807) is 24.5 Å². The van der Waals surface area contributed by atoms with Crippen molar-refractivity contribution in [1.29, 1.82) is 0 Å². The Hall–Kier alpha value is -3.25. The van der Waals surface area contributed by atoms with Crippen LogP contribution >= 0.6 is 11.8 Å². The van der Waals surface area contributed by atoms with Crippen molar-refractivity contribution >= 4 is 35.0 Å². The lowest BCUT2D eigenvalue weighted by Crippen LogP contribution is -2.45. The number of hydrogen-bond donors (Lipinski definition) is 2. The highest BCUT2D eigenvalue weighted by molar-refractivity contribution is 7.99. The summed E-state index contributed by atoms with van der Waals surface area (Å²) in [5, 5.41) is 4.74. The fraction of sp³-hybridized carbons (Fsp3) is 0.417. The maximum atomic E-state index is 14.8. The molecule has 12 heteroatoms. The van der Waals surface area contributed by atoms with E-state index in [-0.39, 0.29) is 28.5 Å². The number of piperidine rings is 1. The molecular formula is C24H26F2N8OS. The minimum Gasteiger partial charge on any atom is -0.381 e. The van der Waals surface area contributed by atoms with E-state index in [0.717, 1.165) is 54.8 Å². The first-order chi connectivity index (χ1) is 17.2. The number of halogens is 2. The van der Waals surface area contributed by atoms with Crippen LogP contribution in [-0.2, 0) is 17.3 Å². The van der Waals surface area contributed by atoms with Crippen LogP contribution in [0, 0.1) is 5.41 Å². The minimum atomic E-state index is -3.16. The molecule has 1 fully saturated rings. The van der Waals surface area contributed by atoms with Crippen molar-refractivity contribution < 1.29 is 13.6 Å². The van der Waals surface area contributed by atoms with Crippen LogP contribution in [-0.4, -0.2) is 45.3 Å². The molecule has 0 aliphatic carbocycles. The number of amides is 1. The second kappa shape index (κ2) is 8.13. The van der Waals surface area contributed by atoms with Gasteiger partial charge in [0.2, 0.25) is 5.91 Å². The third-order valence-electron chi connectivity index (χ3n) is 7.63. The Morgan fingerprint density at radius 2 is 1.97 bits per heavy atom. The lowest BCUT2D eigenvalue weighted by molar-refractivity contribution is -0.117. The van der Waals surface area contributed by atoms with E-state index < -0.39 is 18.4 Å². The number of alkyl halides is 2. The Balaban J connectivity index is 1.19. The van der Waals surface area contributed by atoms with E-state index in [9.17, 15) is 13.6 Å². The molecule has 4 N–H and O–H groups in total. The Kier molecular flexibility index (Phi) is 5.23. The fourth-order valence-corrected chi connectivity index (χ4v) is 6.62. The standard InChI is InChI=1S/C24H26F2N8OS/c1-14(35)33-13-24(25,26)19-15(33)3-2-4-17(19)36-22-21(28)31-18(11-29-22)32-9-6-23(7-10-32)12-34-16(20(23)27)5-8-30-34/h2-5,8,11,20H,6-7,9-10,12-13,27H2,1H3,(H2,28,31)/t20-/m1/s1. The third kappa shape index (κ3) is 3.53. The number of hydrogen-bond acceptors (Lipinski definition) is 8. The van der Waals surface area contributed by atoms with Crippen LogP contribution in [0.2, 0.25) is 0 Å². The summed E-state index contributed by atoms with van der Waals surface area (Å²) in [6.45, 7) is 2.96. The van der Waals surface area contributed by atoms with Gasteiger partial charge in [0.1, 0.15) is 10.8 Å². The highest BCUT2D eigenvalue weighted by Crippen LogP contribution is 2.50. The van der Waals surface area contributed by atoms with Crippen molar-refractivity contribution in [3.8, 4) is 0 Å². The van der Waals surface area contributed by atoms with Gasteiger partial charge in [0.05, 0.1) is 35.7 Å². The van der Waals surface area contributed by atoms with E-state index in [1.807, 2.05) is 10.7 Å². The average molecular weight is 513 g/mol. The Morgan fingerprint density at radius 1 is 1.19 bits per heavy atom. The zero-order valence-corrected chi connectivity index (χ0v) is 20.5. The van der Waals surface area contributed by atoms with Crippen LogP contribution in [0.1, 0.15) is 37.1 Å². The van der Waals surface area contributed by atoms with E-state index in [2.05, 4.69) is 20.0 Å². The second-order valence-corrected chi connectivity index (χ2v) is 10.8. The van der Waals surface area contributed by atoms with Crippen molar-refractivity contribution in [3.63, 3.8) is 0 Å². The first-order valence-electron chi connectivity index (χ1n) is 11.8. The molecule has 5 heterocycles. The van der Waals surface area contributed by atoms with Crippen molar-refractivity contribution in [2.45, 2.75) is 48.2 Å². The van der Waals surface area contributed by atoms with Gasteiger partial charge >= 0.3 is 0 Å². The Bertz CT molecular complexity index is 1350. The molecule has 1 spiro atoms.